The fourth-order valence-corrected chi connectivity index (χ4v) is 6.14. The molecule has 0 saturated carbocycles. The van der Waals surface area contributed by atoms with E-state index in [9.17, 15) is 9.59 Å². The van der Waals surface area contributed by atoms with Crippen molar-refractivity contribution in [2.75, 3.05) is 33.4 Å². The number of hydrogen-bond donors (Lipinski definition) is 1. The highest BCUT2D eigenvalue weighted by atomic mass is 16.5. The van der Waals surface area contributed by atoms with Crippen LogP contribution in [0.3, 0.4) is 0 Å². The maximum absolute atomic E-state index is 12.2. The van der Waals surface area contributed by atoms with Gasteiger partial charge in [-0.3, -0.25) is 9.59 Å². The summed E-state index contributed by atoms with van der Waals surface area (Å²) in [5.41, 5.74) is 0. The van der Waals surface area contributed by atoms with Crippen molar-refractivity contribution >= 4 is 11.9 Å². The predicted molar refractivity (Wildman–Crippen MR) is 195 cm³/mol. The van der Waals surface area contributed by atoms with Crippen LogP contribution in [-0.4, -0.2) is 51.5 Å². The molecular formula is C40H79NO5. The van der Waals surface area contributed by atoms with Crippen LogP contribution >= 0.6 is 0 Å². The smallest absolute Gasteiger partial charge is 0.308 e. The Morgan fingerprint density at radius 3 is 1.26 bits per heavy atom. The molecular weight excluding hydrogens is 574 g/mol. The first-order valence-electron chi connectivity index (χ1n) is 20.1. The van der Waals surface area contributed by atoms with E-state index in [-0.39, 0.29) is 23.8 Å². The fourth-order valence-electron chi connectivity index (χ4n) is 6.14. The topological polar surface area (TPSA) is 73.9 Å². The Labute approximate surface area is 286 Å². The predicted octanol–water partition coefficient (Wildman–Crippen LogP) is 11.1. The van der Waals surface area contributed by atoms with Gasteiger partial charge in [0.2, 0.25) is 0 Å². The van der Waals surface area contributed by atoms with Crippen LogP contribution in [0.5, 0.6) is 0 Å². The van der Waals surface area contributed by atoms with Crippen LogP contribution in [0.1, 0.15) is 195 Å². The lowest BCUT2D eigenvalue weighted by Crippen LogP contribution is -2.17. The number of ether oxygens (including phenoxy) is 3. The molecule has 6 heteroatoms. The van der Waals surface area contributed by atoms with E-state index in [1.807, 2.05) is 7.05 Å². The van der Waals surface area contributed by atoms with Gasteiger partial charge < -0.3 is 19.5 Å². The molecule has 0 aliphatic rings. The normalized spacial score (nSPS) is 13.4. The van der Waals surface area contributed by atoms with Crippen molar-refractivity contribution in [1.82, 2.24) is 5.32 Å². The molecule has 0 heterocycles. The van der Waals surface area contributed by atoms with Gasteiger partial charge in [-0.05, 0) is 77.8 Å². The number of carbonyl (C=O) groups excluding carboxylic acids is 2. The lowest BCUT2D eigenvalue weighted by Gasteiger charge is -2.18. The molecule has 274 valence electrons. The molecule has 0 aromatic heterocycles. The molecule has 0 spiro atoms. The van der Waals surface area contributed by atoms with E-state index in [1.54, 1.807) is 0 Å². The number of esters is 2. The van der Waals surface area contributed by atoms with Crippen LogP contribution in [0.15, 0.2) is 0 Å². The van der Waals surface area contributed by atoms with Crippen LogP contribution in [0.25, 0.3) is 0 Å². The lowest BCUT2D eigenvalue weighted by molar-refractivity contribution is -0.150. The van der Waals surface area contributed by atoms with E-state index in [4.69, 9.17) is 14.2 Å². The molecule has 0 fully saturated rings. The van der Waals surface area contributed by atoms with Crippen molar-refractivity contribution in [3.63, 3.8) is 0 Å². The molecule has 0 bridgehead atoms. The third-order valence-corrected chi connectivity index (χ3v) is 9.47. The minimum Gasteiger partial charge on any atom is -0.465 e. The molecule has 2 atom stereocenters. The van der Waals surface area contributed by atoms with E-state index in [0.29, 0.717) is 19.3 Å². The first-order chi connectivity index (χ1) is 22.5. The third kappa shape index (κ3) is 27.9. The van der Waals surface area contributed by atoms with Gasteiger partial charge in [-0.25, -0.2) is 0 Å². The highest BCUT2D eigenvalue weighted by molar-refractivity contribution is 5.72. The summed E-state index contributed by atoms with van der Waals surface area (Å²) in [6.45, 7) is 11.6. The highest BCUT2D eigenvalue weighted by Gasteiger charge is 2.18. The fraction of sp³-hybridized carbons (Fsp3) is 0.950. The summed E-state index contributed by atoms with van der Waals surface area (Å²) < 4.78 is 17.4. The van der Waals surface area contributed by atoms with Crippen LogP contribution in [0.2, 0.25) is 0 Å². The number of carbonyl (C=O) groups is 2. The number of rotatable bonds is 36. The Bertz CT molecular complexity index is 610. The Balaban J connectivity index is 3.96. The Morgan fingerprint density at radius 2 is 0.870 bits per heavy atom. The molecule has 46 heavy (non-hydrogen) atoms. The maximum Gasteiger partial charge on any atom is 0.308 e. The van der Waals surface area contributed by atoms with Gasteiger partial charge in [0.15, 0.2) is 0 Å². The van der Waals surface area contributed by atoms with E-state index in [1.165, 1.54) is 83.5 Å². The molecule has 0 aromatic rings. The zero-order valence-corrected chi connectivity index (χ0v) is 31.5. The zero-order valence-electron chi connectivity index (χ0n) is 31.5. The van der Waals surface area contributed by atoms with E-state index in [2.05, 4.69) is 33.0 Å². The van der Waals surface area contributed by atoms with Crippen molar-refractivity contribution in [1.29, 1.82) is 0 Å². The van der Waals surface area contributed by atoms with Crippen molar-refractivity contribution < 1.29 is 23.8 Å². The van der Waals surface area contributed by atoms with Crippen molar-refractivity contribution in [2.24, 2.45) is 11.8 Å². The van der Waals surface area contributed by atoms with Gasteiger partial charge in [0.25, 0.3) is 0 Å². The summed E-state index contributed by atoms with van der Waals surface area (Å²) in [6, 6.07) is 0. The van der Waals surface area contributed by atoms with Crippen molar-refractivity contribution in [2.45, 2.75) is 201 Å². The van der Waals surface area contributed by atoms with Crippen LogP contribution in [0.4, 0.5) is 0 Å². The van der Waals surface area contributed by atoms with Crippen LogP contribution in [0, 0.1) is 11.8 Å². The number of nitrogens with one attached hydrogen (secondary N) is 1. The lowest BCUT2D eigenvalue weighted by atomic mass is 10.00. The molecule has 0 saturated heterocycles. The van der Waals surface area contributed by atoms with E-state index < -0.39 is 0 Å². The van der Waals surface area contributed by atoms with E-state index in [0.717, 1.165) is 96.6 Å². The Morgan fingerprint density at radius 1 is 0.478 bits per heavy atom. The van der Waals surface area contributed by atoms with Crippen LogP contribution < -0.4 is 5.32 Å². The van der Waals surface area contributed by atoms with E-state index >= 15 is 0 Å². The van der Waals surface area contributed by atoms with Crippen molar-refractivity contribution in [3.05, 3.63) is 0 Å². The van der Waals surface area contributed by atoms with Gasteiger partial charge in [-0.2, -0.15) is 0 Å². The average Bonchev–Trinajstić information content (AvgIpc) is 3.06. The molecule has 0 aliphatic heterocycles. The van der Waals surface area contributed by atoms with Gasteiger partial charge in [-0.1, -0.05) is 130 Å². The summed E-state index contributed by atoms with van der Waals surface area (Å²) in [7, 11) is 2.02. The SMILES string of the molecule is CCCCC(CC)C(=O)OCCCCCCCCCC(CCCCCCCCCOC(=O)C(CC)CCCC)OCCCCNC. The highest BCUT2D eigenvalue weighted by Crippen LogP contribution is 2.19. The molecule has 0 aromatic carbocycles. The van der Waals surface area contributed by atoms with Crippen LogP contribution in [-0.2, 0) is 23.8 Å². The number of hydrogen-bond acceptors (Lipinski definition) is 6. The largest absolute Gasteiger partial charge is 0.465 e. The quantitative estimate of drug-likeness (QED) is 0.0536. The van der Waals surface area contributed by atoms with Gasteiger partial charge in [0.1, 0.15) is 0 Å². The number of unbranched alkanes of at least 4 members (excludes halogenated alkanes) is 15. The molecule has 0 rings (SSSR count). The first-order valence-corrected chi connectivity index (χ1v) is 20.1. The summed E-state index contributed by atoms with van der Waals surface area (Å²) in [4.78, 5) is 24.5. The van der Waals surface area contributed by atoms with Gasteiger partial charge in [0, 0.05) is 6.61 Å². The molecule has 2 unspecified atom stereocenters. The Hall–Kier alpha value is -1.14. The molecule has 0 radical (unpaired) electrons. The summed E-state index contributed by atoms with van der Waals surface area (Å²) in [5, 5.41) is 3.23. The summed E-state index contributed by atoms with van der Waals surface area (Å²) in [5.74, 6) is 0.221. The maximum atomic E-state index is 12.2. The second-order valence-electron chi connectivity index (χ2n) is 13.7. The van der Waals surface area contributed by atoms with Gasteiger partial charge in [-0.15, -0.1) is 0 Å². The molecule has 0 aliphatic carbocycles. The second-order valence-corrected chi connectivity index (χ2v) is 13.7. The van der Waals surface area contributed by atoms with Crippen molar-refractivity contribution in [3.8, 4) is 0 Å². The zero-order chi connectivity index (χ0) is 33.9. The van der Waals surface area contributed by atoms with Gasteiger partial charge in [0.05, 0.1) is 31.2 Å². The first kappa shape index (κ1) is 44.9. The minimum absolute atomic E-state index is 0.0177. The molecule has 6 nitrogen and oxygen atoms in total. The Kier molecular flexibility index (Phi) is 34.3. The standard InChI is InChI=1S/C40H79NO5/c1-6-10-28-36(8-3)39(42)45-34-25-20-16-12-14-18-22-30-38(44-33-27-24-32-41-5)31-23-19-15-13-17-21-26-35-46-40(43)37(9-4)29-11-7-2/h36-38,41H,6-35H2,1-5H3. The molecule has 1 N–H and O–H groups in total. The average molecular weight is 654 g/mol. The minimum atomic E-state index is 0.0177. The second kappa shape index (κ2) is 35.2. The summed E-state index contributed by atoms with van der Waals surface area (Å²) in [6.07, 6.45) is 30.3. The van der Waals surface area contributed by atoms with Gasteiger partial charge >= 0.3 is 11.9 Å². The third-order valence-electron chi connectivity index (χ3n) is 9.47. The summed E-state index contributed by atoms with van der Waals surface area (Å²) >= 11 is 0. The molecule has 0 amide bonds. The monoisotopic (exact) mass is 654 g/mol.